The molecule has 4 heteroatoms. The normalized spacial score (nSPS) is 12.7. The van der Waals surface area contributed by atoms with Crippen molar-refractivity contribution in [1.29, 1.82) is 0 Å². The zero-order chi connectivity index (χ0) is 12.4. The van der Waals surface area contributed by atoms with Crippen LogP contribution in [0.3, 0.4) is 0 Å². The van der Waals surface area contributed by atoms with E-state index in [0.29, 0.717) is 5.02 Å². The van der Waals surface area contributed by atoms with E-state index in [1.807, 2.05) is 12.4 Å². The van der Waals surface area contributed by atoms with Gasteiger partial charge in [0.2, 0.25) is 0 Å². The molecule has 0 aliphatic heterocycles. The highest BCUT2D eigenvalue weighted by Gasteiger charge is 2.18. The van der Waals surface area contributed by atoms with Gasteiger partial charge in [-0.2, -0.15) is 0 Å². The molecule has 1 N–H and O–H groups in total. The van der Waals surface area contributed by atoms with Gasteiger partial charge in [0.05, 0.1) is 6.04 Å². The number of nitrogens with one attached hydrogen (secondary N) is 1. The Hall–Kier alpha value is -0.900. The fourth-order valence-corrected chi connectivity index (χ4v) is 3.17. The molecule has 2 rings (SSSR count). The van der Waals surface area contributed by atoms with E-state index in [1.165, 1.54) is 22.6 Å². The number of thiophene rings is 1. The number of halogens is 2. The summed E-state index contributed by atoms with van der Waals surface area (Å²) >= 11 is 7.77. The fraction of sp³-hybridized carbons (Fsp3) is 0.231. The van der Waals surface area contributed by atoms with Gasteiger partial charge in [-0.25, -0.2) is 4.39 Å². The number of hydrogen-bond donors (Lipinski definition) is 1. The van der Waals surface area contributed by atoms with Gasteiger partial charge in [-0.1, -0.05) is 17.7 Å². The summed E-state index contributed by atoms with van der Waals surface area (Å²) in [6, 6.07) is 6.61. The summed E-state index contributed by atoms with van der Waals surface area (Å²) in [6.07, 6.45) is 0. The Morgan fingerprint density at radius 2 is 2.12 bits per heavy atom. The van der Waals surface area contributed by atoms with Gasteiger partial charge in [0.1, 0.15) is 5.82 Å². The Labute approximate surface area is 109 Å². The summed E-state index contributed by atoms with van der Waals surface area (Å²) in [5, 5.41) is 5.73. The van der Waals surface area contributed by atoms with Crippen molar-refractivity contribution < 1.29 is 4.39 Å². The Morgan fingerprint density at radius 3 is 2.65 bits per heavy atom. The monoisotopic (exact) mass is 269 g/mol. The molecule has 0 amide bonds. The van der Waals surface area contributed by atoms with Crippen LogP contribution in [0.1, 0.15) is 22.0 Å². The van der Waals surface area contributed by atoms with Crippen molar-refractivity contribution in [3.63, 3.8) is 0 Å². The van der Waals surface area contributed by atoms with Gasteiger partial charge in [-0.15, -0.1) is 11.3 Å². The molecule has 90 valence electrons. The van der Waals surface area contributed by atoms with Crippen LogP contribution in [-0.4, -0.2) is 7.05 Å². The second kappa shape index (κ2) is 5.17. The van der Waals surface area contributed by atoms with Crippen molar-refractivity contribution in [2.24, 2.45) is 0 Å². The maximum absolute atomic E-state index is 13.0. The lowest BCUT2D eigenvalue weighted by Crippen LogP contribution is -2.17. The lowest BCUT2D eigenvalue weighted by Gasteiger charge is -2.17. The van der Waals surface area contributed by atoms with Crippen molar-refractivity contribution in [1.82, 2.24) is 5.32 Å². The molecule has 1 nitrogen and oxygen atoms in total. The van der Waals surface area contributed by atoms with Crippen LogP contribution in [0.2, 0.25) is 5.02 Å². The average molecular weight is 270 g/mol. The summed E-state index contributed by atoms with van der Waals surface area (Å²) in [6.45, 7) is 2.06. The molecule has 0 aliphatic carbocycles. The second-order valence-corrected chi connectivity index (χ2v) is 5.21. The van der Waals surface area contributed by atoms with Crippen LogP contribution in [-0.2, 0) is 0 Å². The van der Waals surface area contributed by atoms with Crippen LogP contribution in [0, 0.1) is 12.7 Å². The van der Waals surface area contributed by atoms with E-state index >= 15 is 0 Å². The minimum absolute atomic E-state index is 0.0168. The SMILES string of the molecule is CNC(c1ccc(F)cc1Cl)c1sccc1C. The number of hydrogen-bond acceptors (Lipinski definition) is 2. The molecule has 0 bridgehead atoms. The molecule has 0 saturated carbocycles. The Bertz CT molecular complexity index is 524. The van der Waals surface area contributed by atoms with E-state index in [4.69, 9.17) is 11.6 Å². The Morgan fingerprint density at radius 1 is 1.35 bits per heavy atom. The average Bonchev–Trinajstić information content (AvgIpc) is 2.69. The van der Waals surface area contributed by atoms with Crippen molar-refractivity contribution in [2.45, 2.75) is 13.0 Å². The molecule has 0 fully saturated rings. The van der Waals surface area contributed by atoms with Gasteiger partial charge in [-0.3, -0.25) is 0 Å². The van der Waals surface area contributed by atoms with E-state index in [-0.39, 0.29) is 11.9 Å². The predicted octanol–water partition coefficient (Wildman–Crippen LogP) is 4.16. The van der Waals surface area contributed by atoms with Crippen molar-refractivity contribution in [3.8, 4) is 0 Å². The first-order valence-corrected chi connectivity index (χ1v) is 6.55. The zero-order valence-electron chi connectivity index (χ0n) is 9.63. The van der Waals surface area contributed by atoms with Crippen LogP contribution in [0.4, 0.5) is 4.39 Å². The van der Waals surface area contributed by atoms with Crippen LogP contribution < -0.4 is 5.32 Å². The van der Waals surface area contributed by atoms with Crippen molar-refractivity contribution in [3.05, 3.63) is 56.5 Å². The molecule has 0 spiro atoms. The quantitative estimate of drug-likeness (QED) is 0.882. The highest BCUT2D eigenvalue weighted by molar-refractivity contribution is 7.10. The molecule has 1 heterocycles. The largest absolute Gasteiger partial charge is 0.309 e. The number of aryl methyl sites for hydroxylation is 1. The molecule has 0 aliphatic rings. The lowest BCUT2D eigenvalue weighted by atomic mass is 10.0. The van der Waals surface area contributed by atoms with Gasteiger partial charge in [-0.05, 0) is 48.7 Å². The van der Waals surface area contributed by atoms with Crippen molar-refractivity contribution >= 4 is 22.9 Å². The molecule has 1 unspecified atom stereocenters. The van der Waals surface area contributed by atoms with Crippen molar-refractivity contribution in [2.75, 3.05) is 7.05 Å². The van der Waals surface area contributed by atoms with Gasteiger partial charge >= 0.3 is 0 Å². The van der Waals surface area contributed by atoms with Crippen LogP contribution in [0.25, 0.3) is 0 Å². The molecule has 2 aromatic rings. The molecular weight excluding hydrogens is 257 g/mol. The highest BCUT2D eigenvalue weighted by Crippen LogP contribution is 2.33. The minimum atomic E-state index is -0.309. The first kappa shape index (κ1) is 12.6. The molecule has 1 atom stereocenters. The Kier molecular flexibility index (Phi) is 3.82. The van der Waals surface area contributed by atoms with Gasteiger partial charge in [0.25, 0.3) is 0 Å². The summed E-state index contributed by atoms with van der Waals surface area (Å²) in [5.41, 5.74) is 2.12. The maximum Gasteiger partial charge on any atom is 0.124 e. The van der Waals surface area contributed by atoms with E-state index in [1.54, 1.807) is 17.4 Å². The van der Waals surface area contributed by atoms with E-state index in [9.17, 15) is 4.39 Å². The van der Waals surface area contributed by atoms with E-state index in [0.717, 1.165) is 5.56 Å². The maximum atomic E-state index is 13.0. The lowest BCUT2D eigenvalue weighted by molar-refractivity contribution is 0.624. The predicted molar refractivity (Wildman–Crippen MR) is 71.4 cm³/mol. The molecule has 1 aromatic heterocycles. The standard InChI is InChI=1S/C13H13ClFNS/c1-8-5-6-17-13(8)12(16-2)10-4-3-9(15)7-11(10)14/h3-7,12,16H,1-2H3. The fourth-order valence-electron chi connectivity index (χ4n) is 1.84. The third-order valence-electron chi connectivity index (χ3n) is 2.73. The second-order valence-electron chi connectivity index (χ2n) is 3.86. The third kappa shape index (κ3) is 2.51. The number of benzene rings is 1. The van der Waals surface area contributed by atoms with Crippen LogP contribution in [0.15, 0.2) is 29.6 Å². The molecule has 1 aromatic carbocycles. The van der Waals surface area contributed by atoms with E-state index in [2.05, 4.69) is 18.3 Å². The molecular formula is C13H13ClFNS. The third-order valence-corrected chi connectivity index (χ3v) is 4.14. The summed E-state index contributed by atoms with van der Waals surface area (Å²) in [7, 11) is 1.88. The van der Waals surface area contributed by atoms with Crippen LogP contribution >= 0.6 is 22.9 Å². The zero-order valence-corrected chi connectivity index (χ0v) is 11.2. The topological polar surface area (TPSA) is 12.0 Å². The van der Waals surface area contributed by atoms with Gasteiger partial charge < -0.3 is 5.32 Å². The van der Waals surface area contributed by atoms with E-state index < -0.39 is 0 Å². The summed E-state index contributed by atoms with van der Waals surface area (Å²) in [4.78, 5) is 1.21. The minimum Gasteiger partial charge on any atom is -0.309 e. The first-order valence-electron chi connectivity index (χ1n) is 5.29. The highest BCUT2D eigenvalue weighted by atomic mass is 35.5. The smallest absolute Gasteiger partial charge is 0.124 e. The molecule has 17 heavy (non-hydrogen) atoms. The number of rotatable bonds is 3. The first-order chi connectivity index (χ1) is 8.13. The Balaban J connectivity index is 2.46. The van der Waals surface area contributed by atoms with Gasteiger partial charge in [0.15, 0.2) is 0 Å². The van der Waals surface area contributed by atoms with Gasteiger partial charge in [0, 0.05) is 9.90 Å². The summed E-state index contributed by atoms with van der Waals surface area (Å²) in [5.74, 6) is -0.309. The van der Waals surface area contributed by atoms with Crippen LogP contribution in [0.5, 0.6) is 0 Å². The molecule has 0 radical (unpaired) electrons. The molecule has 0 saturated heterocycles. The summed E-state index contributed by atoms with van der Waals surface area (Å²) < 4.78 is 13.0.